The number of aromatic nitrogens is 1. The Morgan fingerprint density at radius 2 is 2.26 bits per heavy atom. The van der Waals surface area contributed by atoms with Crippen LogP contribution in [0.1, 0.15) is 23.2 Å². The van der Waals surface area contributed by atoms with E-state index < -0.39 is 0 Å². The molecule has 0 fully saturated rings. The van der Waals surface area contributed by atoms with E-state index in [0.717, 1.165) is 22.7 Å². The van der Waals surface area contributed by atoms with Crippen LogP contribution in [0, 0.1) is 6.92 Å². The fraction of sp³-hybridized carbons (Fsp3) is 0.357. The predicted molar refractivity (Wildman–Crippen MR) is 80.0 cm³/mol. The monoisotopic (exact) mass is 296 g/mol. The van der Waals surface area contributed by atoms with E-state index in [1.165, 1.54) is 0 Å². The van der Waals surface area contributed by atoms with E-state index in [0.29, 0.717) is 17.4 Å². The zero-order valence-corrected chi connectivity index (χ0v) is 12.6. The number of hydrogen-bond donors (Lipinski definition) is 1. The Hall–Kier alpha value is -1.10. The van der Waals surface area contributed by atoms with Gasteiger partial charge in [0.2, 0.25) is 0 Å². The molecular formula is C14H17ClN2OS. The molecule has 1 heterocycles. The van der Waals surface area contributed by atoms with E-state index in [9.17, 15) is 0 Å². The van der Waals surface area contributed by atoms with Crippen molar-refractivity contribution in [2.45, 2.75) is 32.9 Å². The maximum atomic E-state index is 6.20. The van der Waals surface area contributed by atoms with Crippen LogP contribution < -0.4 is 10.5 Å². The lowest BCUT2D eigenvalue weighted by Gasteiger charge is -2.13. The van der Waals surface area contributed by atoms with Gasteiger partial charge in [-0.15, -0.1) is 11.3 Å². The largest absolute Gasteiger partial charge is 0.485 e. The maximum absolute atomic E-state index is 6.20. The smallest absolute Gasteiger partial charge is 0.141 e. The van der Waals surface area contributed by atoms with Crippen molar-refractivity contribution in [2.75, 3.05) is 0 Å². The Kier molecular flexibility index (Phi) is 4.80. The number of ether oxygens (including phenoxy) is 1. The van der Waals surface area contributed by atoms with Crippen LogP contribution in [0.2, 0.25) is 5.02 Å². The molecule has 0 aliphatic carbocycles. The molecule has 102 valence electrons. The van der Waals surface area contributed by atoms with Gasteiger partial charge in [-0.25, -0.2) is 4.98 Å². The molecule has 1 unspecified atom stereocenters. The lowest BCUT2D eigenvalue weighted by atomic mass is 10.1. The highest BCUT2D eigenvalue weighted by atomic mass is 35.5. The number of hydrogen-bond acceptors (Lipinski definition) is 4. The quantitative estimate of drug-likeness (QED) is 0.917. The van der Waals surface area contributed by atoms with Gasteiger partial charge in [0.25, 0.3) is 0 Å². The summed E-state index contributed by atoms with van der Waals surface area (Å²) in [5, 5.41) is 3.57. The highest BCUT2D eigenvalue weighted by molar-refractivity contribution is 7.09. The highest BCUT2D eigenvalue weighted by Crippen LogP contribution is 2.30. The van der Waals surface area contributed by atoms with Gasteiger partial charge in [-0.1, -0.05) is 23.7 Å². The summed E-state index contributed by atoms with van der Waals surface area (Å²) in [6.07, 6.45) is 0.743. The number of halogens is 1. The van der Waals surface area contributed by atoms with Gasteiger partial charge in [0, 0.05) is 17.1 Å². The molecule has 1 aromatic heterocycles. The van der Waals surface area contributed by atoms with E-state index in [2.05, 4.69) is 4.98 Å². The summed E-state index contributed by atoms with van der Waals surface area (Å²) in [6.45, 7) is 4.38. The van der Waals surface area contributed by atoms with Crippen molar-refractivity contribution < 1.29 is 4.74 Å². The molecule has 0 bridgehead atoms. The first kappa shape index (κ1) is 14.3. The molecule has 2 rings (SSSR count). The zero-order chi connectivity index (χ0) is 13.8. The SMILES string of the molecule is Cc1csc(COc2c(Cl)cccc2CC(C)N)n1. The summed E-state index contributed by atoms with van der Waals surface area (Å²) in [5.41, 5.74) is 7.90. The van der Waals surface area contributed by atoms with Gasteiger partial charge >= 0.3 is 0 Å². The van der Waals surface area contributed by atoms with Gasteiger partial charge in [-0.3, -0.25) is 0 Å². The first-order chi connectivity index (χ1) is 9.06. The van der Waals surface area contributed by atoms with Crippen LogP contribution in [0.3, 0.4) is 0 Å². The lowest BCUT2D eigenvalue weighted by Crippen LogP contribution is -2.18. The Morgan fingerprint density at radius 1 is 1.47 bits per heavy atom. The normalized spacial score (nSPS) is 12.4. The number of thiazole rings is 1. The fourth-order valence-electron chi connectivity index (χ4n) is 1.83. The number of nitrogens with zero attached hydrogens (tertiary/aromatic N) is 1. The van der Waals surface area contributed by atoms with E-state index in [4.69, 9.17) is 22.1 Å². The van der Waals surface area contributed by atoms with E-state index >= 15 is 0 Å². The molecule has 0 saturated heterocycles. The standard InChI is InChI=1S/C14H17ClN2OS/c1-9(16)6-11-4-3-5-12(15)14(11)18-7-13-17-10(2)8-19-13/h3-5,8-9H,6-7,16H2,1-2H3. The van der Waals surface area contributed by atoms with Crippen molar-refractivity contribution in [1.82, 2.24) is 4.98 Å². The van der Waals surface area contributed by atoms with Crippen LogP contribution in [0.5, 0.6) is 5.75 Å². The average Bonchev–Trinajstić information content (AvgIpc) is 2.73. The minimum Gasteiger partial charge on any atom is -0.485 e. The number of nitrogens with two attached hydrogens (primary N) is 1. The third-order valence-electron chi connectivity index (χ3n) is 2.60. The van der Waals surface area contributed by atoms with Crippen LogP contribution in [-0.2, 0) is 13.0 Å². The number of benzene rings is 1. The molecule has 19 heavy (non-hydrogen) atoms. The van der Waals surface area contributed by atoms with Crippen LogP contribution in [-0.4, -0.2) is 11.0 Å². The summed E-state index contributed by atoms with van der Waals surface area (Å²) in [4.78, 5) is 4.37. The van der Waals surface area contributed by atoms with E-state index in [1.54, 1.807) is 11.3 Å². The summed E-state index contributed by atoms with van der Waals surface area (Å²) in [7, 11) is 0. The van der Waals surface area contributed by atoms with Crippen LogP contribution in [0.4, 0.5) is 0 Å². The first-order valence-electron chi connectivity index (χ1n) is 6.13. The fourth-order valence-corrected chi connectivity index (χ4v) is 2.76. The van der Waals surface area contributed by atoms with Crippen molar-refractivity contribution >= 4 is 22.9 Å². The second-order valence-corrected chi connectivity index (χ2v) is 5.93. The molecule has 0 spiro atoms. The second-order valence-electron chi connectivity index (χ2n) is 4.58. The molecular weight excluding hydrogens is 280 g/mol. The van der Waals surface area contributed by atoms with Gasteiger partial charge in [0.05, 0.1) is 5.02 Å². The highest BCUT2D eigenvalue weighted by Gasteiger charge is 2.11. The minimum atomic E-state index is 0.0722. The molecule has 1 atom stereocenters. The number of aryl methyl sites for hydroxylation is 1. The van der Waals surface area contributed by atoms with Crippen molar-refractivity contribution in [3.05, 3.63) is 44.9 Å². The van der Waals surface area contributed by atoms with Crippen molar-refractivity contribution in [2.24, 2.45) is 5.73 Å². The summed E-state index contributed by atoms with van der Waals surface area (Å²) in [5.74, 6) is 0.717. The van der Waals surface area contributed by atoms with E-state index in [1.807, 2.05) is 37.4 Å². The van der Waals surface area contributed by atoms with Crippen LogP contribution in [0.15, 0.2) is 23.6 Å². The van der Waals surface area contributed by atoms with Gasteiger partial charge in [0.15, 0.2) is 0 Å². The molecule has 2 N–H and O–H groups in total. The molecule has 0 aliphatic heterocycles. The molecule has 1 aromatic carbocycles. The lowest BCUT2D eigenvalue weighted by molar-refractivity contribution is 0.302. The van der Waals surface area contributed by atoms with Gasteiger partial charge in [-0.2, -0.15) is 0 Å². The van der Waals surface area contributed by atoms with Crippen LogP contribution in [0.25, 0.3) is 0 Å². The molecule has 2 aromatic rings. The molecule has 0 aliphatic rings. The molecule has 0 saturated carbocycles. The number of rotatable bonds is 5. The van der Waals surface area contributed by atoms with Crippen molar-refractivity contribution in [1.29, 1.82) is 0 Å². The zero-order valence-electron chi connectivity index (χ0n) is 11.0. The Morgan fingerprint density at radius 3 is 2.89 bits per heavy atom. The molecule has 0 amide bonds. The maximum Gasteiger partial charge on any atom is 0.141 e. The van der Waals surface area contributed by atoms with Gasteiger partial charge < -0.3 is 10.5 Å². The van der Waals surface area contributed by atoms with E-state index in [-0.39, 0.29) is 6.04 Å². The molecule has 0 radical (unpaired) electrons. The summed E-state index contributed by atoms with van der Waals surface area (Å²) < 4.78 is 5.83. The summed E-state index contributed by atoms with van der Waals surface area (Å²) >= 11 is 7.79. The Labute approximate surface area is 122 Å². The summed E-state index contributed by atoms with van der Waals surface area (Å²) in [6, 6.07) is 5.82. The van der Waals surface area contributed by atoms with Crippen molar-refractivity contribution in [3.63, 3.8) is 0 Å². The van der Waals surface area contributed by atoms with Gasteiger partial charge in [0.1, 0.15) is 17.4 Å². The molecule has 5 heteroatoms. The second kappa shape index (κ2) is 6.37. The van der Waals surface area contributed by atoms with Crippen molar-refractivity contribution in [3.8, 4) is 5.75 Å². The molecule has 3 nitrogen and oxygen atoms in total. The van der Waals surface area contributed by atoms with Crippen LogP contribution >= 0.6 is 22.9 Å². The topological polar surface area (TPSA) is 48.1 Å². The minimum absolute atomic E-state index is 0.0722. The third kappa shape index (κ3) is 3.93. The number of para-hydroxylation sites is 1. The van der Waals surface area contributed by atoms with Gasteiger partial charge in [-0.05, 0) is 31.9 Å². The Bertz CT molecular complexity index is 554. The first-order valence-corrected chi connectivity index (χ1v) is 7.39. The predicted octanol–water partition coefficient (Wildman–Crippen LogP) is 3.57. The average molecular weight is 297 g/mol. The third-order valence-corrected chi connectivity index (χ3v) is 3.83. The Balaban J connectivity index is 2.14.